The number of likely N-dealkylation sites (N-methyl/N-ethyl adjacent to an activating group) is 1. The molecule has 0 aliphatic carbocycles. The molecule has 1 aliphatic heterocycles. The molecule has 0 amide bonds. The van der Waals surface area contributed by atoms with E-state index in [9.17, 15) is 5.11 Å². The lowest BCUT2D eigenvalue weighted by atomic mass is 9.82. The first-order valence-corrected chi connectivity index (χ1v) is 7.29. The molecule has 1 aromatic carbocycles. The lowest BCUT2D eigenvalue weighted by molar-refractivity contribution is 0.0934. The van der Waals surface area contributed by atoms with Gasteiger partial charge in [-0.25, -0.2) is 0 Å². The highest BCUT2D eigenvalue weighted by Crippen LogP contribution is 2.24. The summed E-state index contributed by atoms with van der Waals surface area (Å²) in [4.78, 5) is 4.96. The van der Waals surface area contributed by atoms with Crippen LogP contribution >= 0.6 is 0 Å². The van der Waals surface area contributed by atoms with E-state index in [0.717, 1.165) is 39.3 Å². The molecule has 3 nitrogen and oxygen atoms in total. The van der Waals surface area contributed by atoms with E-state index in [4.69, 9.17) is 0 Å². The van der Waals surface area contributed by atoms with Crippen molar-refractivity contribution in [2.24, 2.45) is 0 Å². The van der Waals surface area contributed by atoms with Gasteiger partial charge in [-0.2, -0.15) is 0 Å². The van der Waals surface area contributed by atoms with E-state index in [2.05, 4.69) is 47.9 Å². The average molecular weight is 262 g/mol. The third kappa shape index (κ3) is 3.56. The van der Waals surface area contributed by atoms with E-state index in [1.165, 1.54) is 5.56 Å². The van der Waals surface area contributed by atoms with Crippen LogP contribution in [0.3, 0.4) is 0 Å². The Morgan fingerprint density at radius 1 is 1.05 bits per heavy atom. The van der Waals surface area contributed by atoms with Crippen LogP contribution in [0.5, 0.6) is 0 Å². The second-order valence-electron chi connectivity index (χ2n) is 5.80. The van der Waals surface area contributed by atoms with Crippen molar-refractivity contribution in [1.29, 1.82) is 0 Å². The monoisotopic (exact) mass is 262 g/mol. The molecule has 1 saturated heterocycles. The third-order valence-electron chi connectivity index (χ3n) is 4.30. The van der Waals surface area contributed by atoms with E-state index in [-0.39, 0.29) is 12.0 Å². The van der Waals surface area contributed by atoms with E-state index in [0.29, 0.717) is 0 Å². The Morgan fingerprint density at radius 2 is 1.63 bits per heavy atom. The minimum absolute atomic E-state index is 0.157. The summed E-state index contributed by atoms with van der Waals surface area (Å²) in [5.41, 5.74) is 1.07. The van der Waals surface area contributed by atoms with E-state index in [1.807, 2.05) is 6.07 Å². The van der Waals surface area contributed by atoms with Crippen molar-refractivity contribution >= 4 is 0 Å². The highest BCUT2D eigenvalue weighted by molar-refractivity contribution is 5.25. The van der Waals surface area contributed by atoms with Crippen molar-refractivity contribution in [3.05, 3.63) is 35.9 Å². The van der Waals surface area contributed by atoms with Crippen LogP contribution in [-0.4, -0.2) is 60.8 Å². The Bertz CT molecular complexity index is 374. The van der Waals surface area contributed by atoms with Crippen molar-refractivity contribution < 1.29 is 5.11 Å². The van der Waals surface area contributed by atoms with Gasteiger partial charge in [0.25, 0.3) is 0 Å². The Labute approximate surface area is 116 Å². The SMILES string of the molecule is CCN1CCN(CC(C)(CO)c2ccccc2)CC1. The van der Waals surface area contributed by atoms with Crippen LogP contribution in [0, 0.1) is 0 Å². The maximum absolute atomic E-state index is 9.83. The lowest BCUT2D eigenvalue weighted by Crippen LogP contribution is -2.51. The van der Waals surface area contributed by atoms with Gasteiger partial charge in [0.15, 0.2) is 0 Å². The minimum Gasteiger partial charge on any atom is -0.395 e. The van der Waals surface area contributed by atoms with Gasteiger partial charge in [0.2, 0.25) is 0 Å². The van der Waals surface area contributed by atoms with Crippen LogP contribution in [0.25, 0.3) is 0 Å². The molecule has 1 unspecified atom stereocenters. The molecule has 106 valence electrons. The molecule has 1 fully saturated rings. The molecule has 2 rings (SSSR count). The van der Waals surface area contributed by atoms with Gasteiger partial charge >= 0.3 is 0 Å². The van der Waals surface area contributed by atoms with Gasteiger partial charge in [-0.05, 0) is 12.1 Å². The molecular formula is C16H26N2O. The number of rotatable bonds is 5. The summed E-state index contributed by atoms with van der Waals surface area (Å²) in [5, 5.41) is 9.83. The van der Waals surface area contributed by atoms with Crippen molar-refractivity contribution in [1.82, 2.24) is 9.80 Å². The maximum atomic E-state index is 9.83. The molecule has 0 aromatic heterocycles. The Kier molecular flexibility index (Phi) is 4.97. The molecule has 0 radical (unpaired) electrons. The number of hydrogen-bond acceptors (Lipinski definition) is 3. The smallest absolute Gasteiger partial charge is 0.0537 e. The standard InChI is InChI=1S/C16H26N2O/c1-3-17-9-11-18(12-10-17)13-16(2,14-19)15-7-5-4-6-8-15/h4-8,19H,3,9-14H2,1-2H3. The summed E-state index contributed by atoms with van der Waals surface area (Å²) in [6.45, 7) is 11.2. The van der Waals surface area contributed by atoms with Crippen molar-refractivity contribution in [2.75, 3.05) is 45.9 Å². The zero-order valence-corrected chi connectivity index (χ0v) is 12.2. The molecule has 19 heavy (non-hydrogen) atoms. The summed E-state index contributed by atoms with van der Waals surface area (Å²) in [7, 11) is 0. The Balaban J connectivity index is 2.00. The highest BCUT2D eigenvalue weighted by atomic mass is 16.3. The van der Waals surface area contributed by atoms with Crippen molar-refractivity contribution in [3.8, 4) is 0 Å². The number of aliphatic hydroxyl groups is 1. The molecule has 1 heterocycles. The second kappa shape index (κ2) is 6.51. The number of aliphatic hydroxyl groups excluding tert-OH is 1. The fourth-order valence-corrected chi connectivity index (χ4v) is 2.83. The molecule has 1 aromatic rings. The fraction of sp³-hybridized carbons (Fsp3) is 0.625. The van der Waals surface area contributed by atoms with E-state index >= 15 is 0 Å². The van der Waals surface area contributed by atoms with Crippen LogP contribution in [0.15, 0.2) is 30.3 Å². The summed E-state index contributed by atoms with van der Waals surface area (Å²) in [6, 6.07) is 10.4. The van der Waals surface area contributed by atoms with Gasteiger partial charge in [0, 0.05) is 38.1 Å². The van der Waals surface area contributed by atoms with Crippen molar-refractivity contribution in [3.63, 3.8) is 0 Å². The lowest BCUT2D eigenvalue weighted by Gasteiger charge is -2.39. The summed E-state index contributed by atoms with van der Waals surface area (Å²) in [6.07, 6.45) is 0. The zero-order valence-electron chi connectivity index (χ0n) is 12.2. The first kappa shape index (κ1) is 14.5. The Hall–Kier alpha value is -0.900. The van der Waals surface area contributed by atoms with Crippen LogP contribution in [0.4, 0.5) is 0 Å². The quantitative estimate of drug-likeness (QED) is 0.872. The van der Waals surface area contributed by atoms with Gasteiger partial charge in [-0.15, -0.1) is 0 Å². The number of hydrogen-bond donors (Lipinski definition) is 1. The number of piperazine rings is 1. The number of benzene rings is 1. The molecule has 1 aliphatic rings. The first-order valence-electron chi connectivity index (χ1n) is 7.29. The fourth-order valence-electron chi connectivity index (χ4n) is 2.83. The van der Waals surface area contributed by atoms with Gasteiger partial charge in [0.05, 0.1) is 6.61 Å². The van der Waals surface area contributed by atoms with Crippen molar-refractivity contribution in [2.45, 2.75) is 19.3 Å². The summed E-state index contributed by atoms with van der Waals surface area (Å²) < 4.78 is 0. The molecular weight excluding hydrogens is 236 g/mol. The number of nitrogens with zero attached hydrogens (tertiary/aromatic N) is 2. The highest BCUT2D eigenvalue weighted by Gasteiger charge is 2.29. The molecule has 1 N–H and O–H groups in total. The van der Waals surface area contributed by atoms with Crippen LogP contribution in [0.1, 0.15) is 19.4 Å². The topological polar surface area (TPSA) is 26.7 Å². The Morgan fingerprint density at radius 3 is 2.16 bits per heavy atom. The van der Waals surface area contributed by atoms with Crippen LogP contribution < -0.4 is 0 Å². The van der Waals surface area contributed by atoms with E-state index in [1.54, 1.807) is 0 Å². The summed E-state index contributed by atoms with van der Waals surface area (Å²) >= 11 is 0. The van der Waals surface area contributed by atoms with Crippen LogP contribution in [0.2, 0.25) is 0 Å². The zero-order chi connectivity index (χ0) is 13.7. The predicted octanol–water partition coefficient (Wildman–Crippen LogP) is 1.57. The van der Waals surface area contributed by atoms with Gasteiger partial charge < -0.3 is 10.0 Å². The van der Waals surface area contributed by atoms with E-state index < -0.39 is 0 Å². The summed E-state index contributed by atoms with van der Waals surface area (Å²) in [5.74, 6) is 0. The largest absolute Gasteiger partial charge is 0.395 e. The molecule has 0 saturated carbocycles. The molecule has 1 atom stereocenters. The normalized spacial score (nSPS) is 21.2. The minimum atomic E-state index is -0.157. The predicted molar refractivity (Wildman–Crippen MR) is 79.4 cm³/mol. The van der Waals surface area contributed by atoms with Gasteiger partial charge in [-0.1, -0.05) is 44.2 Å². The van der Waals surface area contributed by atoms with Crippen LogP contribution in [-0.2, 0) is 5.41 Å². The molecule has 3 heteroatoms. The maximum Gasteiger partial charge on any atom is 0.0537 e. The third-order valence-corrected chi connectivity index (χ3v) is 4.30. The molecule has 0 bridgehead atoms. The molecule has 0 spiro atoms. The van der Waals surface area contributed by atoms with Gasteiger partial charge in [-0.3, -0.25) is 4.90 Å². The van der Waals surface area contributed by atoms with Gasteiger partial charge in [0.1, 0.15) is 0 Å². The average Bonchev–Trinajstić information content (AvgIpc) is 2.49. The second-order valence-corrected chi connectivity index (χ2v) is 5.80. The first-order chi connectivity index (χ1) is 9.18.